The van der Waals surface area contributed by atoms with E-state index < -0.39 is 10.3 Å². The third-order valence-corrected chi connectivity index (χ3v) is 0.699. The highest BCUT2D eigenvalue weighted by atomic mass is 35.5. The predicted molar refractivity (Wildman–Crippen MR) is 36.3 cm³/mol. The fraction of sp³-hybridized carbons (Fsp3) is 0.667. The molecular formula is C3H6Cl2MgO2. The normalized spacial score (nSPS) is 9.88. The van der Waals surface area contributed by atoms with E-state index in [2.05, 4.69) is 0 Å². The molecule has 0 saturated carbocycles. The van der Waals surface area contributed by atoms with E-state index in [9.17, 15) is 4.79 Å². The summed E-state index contributed by atoms with van der Waals surface area (Å²) in [5.74, 6) is -1.23. The Hall–Kier alpha value is 0.816. The highest BCUT2D eigenvalue weighted by molar-refractivity contribution is 6.56. The molecule has 0 amide bonds. The molecule has 1 N–H and O–H groups in total. The Balaban J connectivity index is 0. The van der Waals surface area contributed by atoms with Gasteiger partial charge in [-0.25, -0.2) is 4.79 Å². The Morgan fingerprint density at radius 2 is 1.75 bits per heavy atom. The topological polar surface area (TPSA) is 37.3 Å². The second-order valence-corrected chi connectivity index (χ2v) is 2.90. The maximum atomic E-state index is 9.76. The zero-order chi connectivity index (χ0) is 6.08. The van der Waals surface area contributed by atoms with Gasteiger partial charge in [0, 0.05) is 0 Å². The lowest BCUT2D eigenvalue weighted by Gasteiger charge is -2.02. The average Bonchev–Trinajstić information content (AvgIpc) is 1.31. The zero-order valence-corrected chi connectivity index (χ0v) is 5.12. The SMILES string of the molecule is CC(Cl)(Cl)C(=O)O.[MgH2]. The Bertz CT molecular complexity index is 87.8. The number of hydrogen-bond acceptors (Lipinski definition) is 1. The van der Waals surface area contributed by atoms with E-state index in [1.54, 1.807) is 0 Å². The monoisotopic (exact) mass is 168 g/mol. The maximum absolute atomic E-state index is 9.76. The maximum Gasteiger partial charge on any atom is 0.339 e. The molecular weight excluding hydrogens is 163 g/mol. The first-order chi connectivity index (χ1) is 2.94. The number of alkyl halides is 2. The van der Waals surface area contributed by atoms with Gasteiger partial charge in [-0.3, -0.25) is 0 Å². The minimum atomic E-state index is -1.64. The summed E-state index contributed by atoms with van der Waals surface area (Å²) in [5.41, 5.74) is 0. The summed E-state index contributed by atoms with van der Waals surface area (Å²) >= 11 is 10.1. The zero-order valence-electron chi connectivity index (χ0n) is 3.61. The first kappa shape index (κ1) is 11.6. The summed E-state index contributed by atoms with van der Waals surface area (Å²) in [6.07, 6.45) is 0. The van der Waals surface area contributed by atoms with Gasteiger partial charge in [0.25, 0.3) is 0 Å². The van der Waals surface area contributed by atoms with Gasteiger partial charge in [-0.1, -0.05) is 23.2 Å². The summed E-state index contributed by atoms with van der Waals surface area (Å²) in [4.78, 5) is 9.76. The highest BCUT2D eigenvalue weighted by Gasteiger charge is 2.25. The van der Waals surface area contributed by atoms with Crippen molar-refractivity contribution in [2.24, 2.45) is 0 Å². The van der Waals surface area contributed by atoms with Gasteiger partial charge in [-0.05, 0) is 6.92 Å². The quantitative estimate of drug-likeness (QED) is 0.454. The number of carboxylic acids is 1. The minimum Gasteiger partial charge on any atom is -0.479 e. The summed E-state index contributed by atoms with van der Waals surface area (Å²) in [5, 5.41) is 7.99. The van der Waals surface area contributed by atoms with Crippen molar-refractivity contribution in [2.45, 2.75) is 11.3 Å². The number of halogens is 2. The second-order valence-electron chi connectivity index (χ2n) is 1.19. The molecule has 0 aromatic rings. The van der Waals surface area contributed by atoms with E-state index in [0.717, 1.165) is 0 Å². The summed E-state index contributed by atoms with van der Waals surface area (Å²) < 4.78 is -1.64. The molecule has 0 aliphatic rings. The molecule has 0 atom stereocenters. The average molecular weight is 169 g/mol. The Morgan fingerprint density at radius 1 is 1.62 bits per heavy atom. The van der Waals surface area contributed by atoms with Crippen LogP contribution < -0.4 is 0 Å². The first-order valence-corrected chi connectivity index (χ1v) is 2.31. The first-order valence-electron chi connectivity index (χ1n) is 1.56. The molecule has 0 heterocycles. The predicted octanol–water partition coefficient (Wildman–Crippen LogP) is 0.349. The van der Waals surface area contributed by atoms with Crippen LogP contribution in [0.25, 0.3) is 0 Å². The van der Waals surface area contributed by atoms with E-state index in [0.29, 0.717) is 0 Å². The van der Waals surface area contributed by atoms with E-state index in [1.807, 2.05) is 0 Å². The Morgan fingerprint density at radius 3 is 1.75 bits per heavy atom. The van der Waals surface area contributed by atoms with Crippen molar-refractivity contribution in [2.75, 3.05) is 0 Å². The van der Waals surface area contributed by atoms with Gasteiger partial charge in [-0.2, -0.15) is 0 Å². The van der Waals surface area contributed by atoms with Crippen LogP contribution in [0.2, 0.25) is 0 Å². The molecule has 8 heavy (non-hydrogen) atoms. The molecule has 2 nitrogen and oxygen atoms in total. The van der Waals surface area contributed by atoms with Crippen LogP contribution in [0.1, 0.15) is 6.92 Å². The lowest BCUT2D eigenvalue weighted by atomic mass is 10.5. The van der Waals surface area contributed by atoms with Crippen LogP contribution in [0.15, 0.2) is 0 Å². The molecule has 0 aliphatic heterocycles. The van der Waals surface area contributed by atoms with Gasteiger partial charge in [0.15, 0.2) is 0 Å². The largest absolute Gasteiger partial charge is 0.479 e. The van der Waals surface area contributed by atoms with Gasteiger partial charge in [0.2, 0.25) is 4.33 Å². The fourth-order valence-electron chi connectivity index (χ4n) is 0. The van der Waals surface area contributed by atoms with Crippen LogP contribution in [-0.2, 0) is 4.79 Å². The number of hydrogen-bond donors (Lipinski definition) is 1. The van der Waals surface area contributed by atoms with Gasteiger partial charge < -0.3 is 5.11 Å². The third kappa shape index (κ3) is 4.96. The van der Waals surface area contributed by atoms with Crippen molar-refractivity contribution < 1.29 is 9.90 Å². The van der Waals surface area contributed by atoms with E-state index in [1.165, 1.54) is 6.92 Å². The molecule has 46 valence electrons. The van der Waals surface area contributed by atoms with E-state index >= 15 is 0 Å². The van der Waals surface area contributed by atoms with Crippen molar-refractivity contribution >= 4 is 52.2 Å². The van der Waals surface area contributed by atoms with E-state index in [4.69, 9.17) is 28.3 Å². The molecule has 0 unspecified atom stereocenters. The molecule has 0 radical (unpaired) electrons. The van der Waals surface area contributed by atoms with Gasteiger partial charge in [0.1, 0.15) is 0 Å². The van der Waals surface area contributed by atoms with Crippen molar-refractivity contribution in [3.8, 4) is 0 Å². The van der Waals surface area contributed by atoms with Crippen molar-refractivity contribution in [3.05, 3.63) is 0 Å². The van der Waals surface area contributed by atoms with Crippen molar-refractivity contribution in [3.63, 3.8) is 0 Å². The third-order valence-electron chi connectivity index (χ3n) is 0.376. The summed E-state index contributed by atoms with van der Waals surface area (Å²) in [7, 11) is 0. The number of rotatable bonds is 1. The van der Waals surface area contributed by atoms with Crippen LogP contribution in [0.4, 0.5) is 0 Å². The second kappa shape index (κ2) is 3.77. The Labute approximate surface area is 73.3 Å². The molecule has 0 saturated heterocycles. The summed E-state index contributed by atoms with van der Waals surface area (Å²) in [6.45, 7) is 1.19. The molecule has 0 aliphatic carbocycles. The summed E-state index contributed by atoms with van der Waals surface area (Å²) in [6, 6.07) is 0. The van der Waals surface area contributed by atoms with Crippen LogP contribution in [-0.4, -0.2) is 38.5 Å². The number of carboxylic acid groups (broad SMARTS) is 1. The minimum absolute atomic E-state index is 0. The molecule has 0 aromatic heterocycles. The van der Waals surface area contributed by atoms with Crippen LogP contribution in [0, 0.1) is 0 Å². The molecule has 5 heteroatoms. The van der Waals surface area contributed by atoms with Crippen molar-refractivity contribution in [1.82, 2.24) is 0 Å². The van der Waals surface area contributed by atoms with Gasteiger partial charge in [0.05, 0.1) is 0 Å². The Kier molecular flexibility index (Phi) is 5.46. The van der Waals surface area contributed by atoms with Crippen molar-refractivity contribution in [1.29, 1.82) is 0 Å². The molecule has 0 fully saturated rings. The van der Waals surface area contributed by atoms with E-state index in [-0.39, 0.29) is 23.1 Å². The van der Waals surface area contributed by atoms with Crippen LogP contribution in [0.5, 0.6) is 0 Å². The molecule has 0 rings (SSSR count). The lowest BCUT2D eigenvalue weighted by molar-refractivity contribution is -0.137. The van der Waals surface area contributed by atoms with Gasteiger partial charge in [-0.15, -0.1) is 0 Å². The molecule has 0 bridgehead atoms. The van der Waals surface area contributed by atoms with Gasteiger partial charge >= 0.3 is 29.0 Å². The van der Waals surface area contributed by atoms with Crippen LogP contribution in [0.3, 0.4) is 0 Å². The lowest BCUT2D eigenvalue weighted by Crippen LogP contribution is -2.19. The fourth-order valence-corrected chi connectivity index (χ4v) is 0. The standard InChI is InChI=1S/C3H4Cl2O2.Mg.2H/c1-3(4,5)2(6)7;;;/h1H3,(H,6,7);;;. The highest BCUT2D eigenvalue weighted by Crippen LogP contribution is 2.18. The number of carbonyl (C=O) groups is 1. The molecule has 0 aromatic carbocycles. The number of aliphatic carboxylic acids is 1. The smallest absolute Gasteiger partial charge is 0.339 e. The van der Waals surface area contributed by atoms with Crippen LogP contribution >= 0.6 is 23.2 Å². The molecule has 0 spiro atoms.